The highest BCUT2D eigenvalue weighted by molar-refractivity contribution is 5.84. The average Bonchev–Trinajstić information content (AvgIpc) is 2.16. The zero-order chi connectivity index (χ0) is 9.26. The maximum absolute atomic E-state index is 5.48. The molecule has 1 heterocycles. The number of nitrogens with zero attached hydrogens (tertiary/aromatic N) is 2. The van der Waals surface area contributed by atoms with E-state index in [2.05, 4.69) is 15.9 Å². The Morgan fingerprint density at radius 2 is 2.00 bits per heavy atom. The van der Waals surface area contributed by atoms with Crippen molar-refractivity contribution < 1.29 is 0 Å². The first-order chi connectivity index (χ1) is 6.31. The van der Waals surface area contributed by atoms with Crippen molar-refractivity contribution >= 4 is 16.9 Å². The van der Waals surface area contributed by atoms with E-state index < -0.39 is 0 Å². The quantitative estimate of drug-likeness (QED) is 0.603. The van der Waals surface area contributed by atoms with E-state index in [0.717, 1.165) is 10.9 Å². The molecule has 1 aromatic carbocycles. The summed E-state index contributed by atoms with van der Waals surface area (Å²) in [5.41, 5.74) is 6.81. The van der Waals surface area contributed by atoms with E-state index in [1.54, 1.807) is 0 Å². The van der Waals surface area contributed by atoms with Gasteiger partial charge in [0.25, 0.3) is 0 Å². The lowest BCUT2D eigenvalue weighted by atomic mass is 10.2. The van der Waals surface area contributed by atoms with Gasteiger partial charge in [0.2, 0.25) is 5.95 Å². The molecule has 0 atom stereocenters. The van der Waals surface area contributed by atoms with Crippen molar-refractivity contribution in [3.63, 3.8) is 0 Å². The zero-order valence-electron chi connectivity index (χ0n) is 6.86. The molecule has 2 aromatic rings. The second-order valence-corrected chi connectivity index (χ2v) is 2.59. The topological polar surface area (TPSA) is 51.8 Å². The van der Waals surface area contributed by atoms with Gasteiger partial charge in [-0.3, -0.25) is 0 Å². The van der Waals surface area contributed by atoms with Crippen molar-refractivity contribution in [1.29, 1.82) is 0 Å². The number of benzene rings is 1. The normalized spacial score (nSPS) is 9.77. The first kappa shape index (κ1) is 7.56. The van der Waals surface area contributed by atoms with Gasteiger partial charge in [0.15, 0.2) is 0 Å². The van der Waals surface area contributed by atoms with Crippen molar-refractivity contribution in [2.45, 2.75) is 0 Å². The van der Waals surface area contributed by atoms with E-state index in [0.29, 0.717) is 5.69 Å². The number of anilines is 1. The number of hydrogen-bond acceptors (Lipinski definition) is 3. The minimum atomic E-state index is 0.214. The molecule has 0 aliphatic rings. The number of terminal acetylenes is 1. The maximum atomic E-state index is 5.48. The fourth-order valence-corrected chi connectivity index (χ4v) is 1.20. The fraction of sp³-hybridized carbons (Fsp3) is 0. The van der Waals surface area contributed by atoms with Crippen LogP contribution in [0.3, 0.4) is 0 Å². The van der Waals surface area contributed by atoms with Crippen LogP contribution in [0.1, 0.15) is 5.69 Å². The van der Waals surface area contributed by atoms with Gasteiger partial charge in [-0.05, 0) is 18.1 Å². The molecule has 1 aromatic heterocycles. The van der Waals surface area contributed by atoms with Gasteiger partial charge in [0.1, 0.15) is 5.69 Å². The summed E-state index contributed by atoms with van der Waals surface area (Å²) in [4.78, 5) is 8.01. The predicted octanol–water partition coefficient (Wildman–Crippen LogP) is 1.19. The van der Waals surface area contributed by atoms with E-state index >= 15 is 0 Å². The minimum Gasteiger partial charge on any atom is -0.368 e. The van der Waals surface area contributed by atoms with Crippen molar-refractivity contribution in [1.82, 2.24) is 9.97 Å². The molecule has 0 unspecified atom stereocenters. The zero-order valence-corrected chi connectivity index (χ0v) is 6.86. The number of nitrogen functional groups attached to an aromatic ring is 1. The van der Waals surface area contributed by atoms with Crippen LogP contribution in [0.15, 0.2) is 24.3 Å². The molecule has 3 nitrogen and oxygen atoms in total. The third-order valence-corrected chi connectivity index (χ3v) is 1.76. The van der Waals surface area contributed by atoms with Crippen LogP contribution < -0.4 is 5.73 Å². The molecule has 0 aliphatic heterocycles. The molecule has 62 valence electrons. The predicted molar refractivity (Wildman–Crippen MR) is 51.9 cm³/mol. The molecule has 0 saturated heterocycles. The second-order valence-electron chi connectivity index (χ2n) is 2.59. The van der Waals surface area contributed by atoms with Crippen molar-refractivity contribution in [2.75, 3.05) is 5.73 Å². The Labute approximate surface area is 75.6 Å². The summed E-state index contributed by atoms with van der Waals surface area (Å²) in [7, 11) is 0. The van der Waals surface area contributed by atoms with Gasteiger partial charge in [-0.25, -0.2) is 9.97 Å². The summed E-state index contributed by atoms with van der Waals surface area (Å²) in [6.45, 7) is 0. The molecule has 2 rings (SSSR count). The summed E-state index contributed by atoms with van der Waals surface area (Å²) in [6.07, 6.45) is 5.29. The fourth-order valence-electron chi connectivity index (χ4n) is 1.20. The molecule has 0 amide bonds. The van der Waals surface area contributed by atoms with Crippen molar-refractivity contribution in [3.05, 3.63) is 30.0 Å². The monoisotopic (exact) mass is 169 g/mol. The van der Waals surface area contributed by atoms with Crippen LogP contribution >= 0.6 is 0 Å². The Kier molecular flexibility index (Phi) is 1.60. The van der Waals surface area contributed by atoms with Crippen molar-refractivity contribution in [2.24, 2.45) is 0 Å². The molecule has 0 spiro atoms. The summed E-state index contributed by atoms with van der Waals surface area (Å²) in [6, 6.07) is 7.51. The largest absolute Gasteiger partial charge is 0.368 e. The Hall–Kier alpha value is -2.08. The number of fused-ring (bicyclic) bond motifs is 1. The number of rotatable bonds is 0. The Morgan fingerprint density at radius 3 is 2.77 bits per heavy atom. The number of nitrogens with two attached hydrogens (primary N) is 1. The van der Waals surface area contributed by atoms with Gasteiger partial charge in [-0.2, -0.15) is 0 Å². The van der Waals surface area contributed by atoms with Crippen LogP contribution in [-0.4, -0.2) is 9.97 Å². The molecule has 0 radical (unpaired) electrons. The molecule has 0 saturated carbocycles. The van der Waals surface area contributed by atoms with Gasteiger partial charge < -0.3 is 5.73 Å². The van der Waals surface area contributed by atoms with Gasteiger partial charge >= 0.3 is 0 Å². The maximum Gasteiger partial charge on any atom is 0.221 e. The Morgan fingerprint density at radius 1 is 1.23 bits per heavy atom. The van der Waals surface area contributed by atoms with Gasteiger partial charge in [0, 0.05) is 5.39 Å². The van der Waals surface area contributed by atoms with E-state index in [-0.39, 0.29) is 5.95 Å². The second kappa shape index (κ2) is 2.76. The van der Waals surface area contributed by atoms with E-state index in [1.165, 1.54) is 0 Å². The molecular weight excluding hydrogens is 162 g/mol. The standard InChI is InChI=1S/C10H7N3/c1-2-8-7-5-3-4-6-9(7)13-10(11)12-8/h1,3-6H,(H2,11,12,13). The Bertz CT molecular complexity index is 497. The highest BCUT2D eigenvalue weighted by Gasteiger charge is 2.01. The van der Waals surface area contributed by atoms with Gasteiger partial charge in [-0.1, -0.05) is 12.1 Å². The SMILES string of the molecule is C#Cc1nc(N)nc2ccccc12. The molecular formula is C10H7N3. The van der Waals surface area contributed by atoms with Crippen LogP contribution in [0.4, 0.5) is 5.95 Å². The van der Waals surface area contributed by atoms with Crippen LogP contribution in [0.5, 0.6) is 0 Å². The Balaban J connectivity index is 2.91. The lowest BCUT2D eigenvalue weighted by Crippen LogP contribution is -1.97. The van der Waals surface area contributed by atoms with Crippen molar-refractivity contribution in [3.8, 4) is 12.3 Å². The first-order valence-electron chi connectivity index (χ1n) is 3.80. The molecule has 13 heavy (non-hydrogen) atoms. The molecule has 0 fully saturated rings. The third kappa shape index (κ3) is 1.18. The van der Waals surface area contributed by atoms with E-state index in [1.807, 2.05) is 24.3 Å². The van der Waals surface area contributed by atoms with Crippen LogP contribution in [0, 0.1) is 12.3 Å². The van der Waals surface area contributed by atoms with Crippen LogP contribution in [0.25, 0.3) is 10.9 Å². The molecule has 3 heteroatoms. The molecule has 0 aliphatic carbocycles. The summed E-state index contributed by atoms with van der Waals surface area (Å²) < 4.78 is 0. The summed E-state index contributed by atoms with van der Waals surface area (Å²) >= 11 is 0. The van der Waals surface area contributed by atoms with E-state index in [4.69, 9.17) is 12.2 Å². The highest BCUT2D eigenvalue weighted by Crippen LogP contribution is 2.14. The lowest BCUT2D eigenvalue weighted by molar-refractivity contribution is 1.22. The summed E-state index contributed by atoms with van der Waals surface area (Å²) in [5.74, 6) is 2.69. The number of aromatic nitrogens is 2. The number of para-hydroxylation sites is 1. The smallest absolute Gasteiger partial charge is 0.221 e. The van der Waals surface area contributed by atoms with E-state index in [9.17, 15) is 0 Å². The lowest BCUT2D eigenvalue weighted by Gasteiger charge is -1.99. The minimum absolute atomic E-state index is 0.214. The van der Waals surface area contributed by atoms with Crippen LogP contribution in [0.2, 0.25) is 0 Å². The van der Waals surface area contributed by atoms with Crippen LogP contribution in [-0.2, 0) is 0 Å². The average molecular weight is 169 g/mol. The third-order valence-electron chi connectivity index (χ3n) is 1.76. The first-order valence-corrected chi connectivity index (χ1v) is 3.80. The highest BCUT2D eigenvalue weighted by atomic mass is 15.0. The molecule has 0 bridgehead atoms. The summed E-state index contributed by atoms with van der Waals surface area (Å²) in [5, 5.41) is 0.860. The molecule has 2 N–H and O–H groups in total. The van der Waals surface area contributed by atoms with Gasteiger partial charge in [-0.15, -0.1) is 6.42 Å². The number of hydrogen-bond donors (Lipinski definition) is 1. The van der Waals surface area contributed by atoms with Gasteiger partial charge in [0.05, 0.1) is 5.52 Å².